The fourth-order valence-electron chi connectivity index (χ4n) is 2.05. The summed E-state index contributed by atoms with van der Waals surface area (Å²) in [6.45, 7) is 3.09. The van der Waals surface area contributed by atoms with Gasteiger partial charge in [-0.1, -0.05) is 24.3 Å². The highest BCUT2D eigenvalue weighted by atomic mass is 127. The van der Waals surface area contributed by atoms with Gasteiger partial charge in [0.25, 0.3) is 0 Å². The average Bonchev–Trinajstić information content (AvgIpc) is 2.57. The van der Waals surface area contributed by atoms with Crippen LogP contribution in [-0.2, 0) is 27.4 Å². The maximum atomic E-state index is 12.0. The zero-order chi connectivity index (χ0) is 20.3. The lowest BCUT2D eigenvalue weighted by atomic mass is 10.1. The first-order valence-electron chi connectivity index (χ1n) is 8.56. The van der Waals surface area contributed by atoms with Gasteiger partial charge in [0.05, 0.1) is 19.1 Å². The third-order valence-electron chi connectivity index (χ3n) is 3.23. The first-order chi connectivity index (χ1) is 12.7. The van der Waals surface area contributed by atoms with Crippen LogP contribution < -0.4 is 10.6 Å². The number of nitrogens with one attached hydrogen (secondary N) is 2. The number of guanidine groups is 1. The molecule has 0 spiro atoms. The maximum absolute atomic E-state index is 12.0. The highest BCUT2D eigenvalue weighted by Crippen LogP contribution is 2.15. The molecule has 0 saturated heterocycles. The van der Waals surface area contributed by atoms with Gasteiger partial charge >= 0.3 is 12.1 Å². The van der Waals surface area contributed by atoms with Gasteiger partial charge in [-0.2, -0.15) is 13.2 Å². The van der Waals surface area contributed by atoms with Crippen molar-refractivity contribution < 1.29 is 27.4 Å². The van der Waals surface area contributed by atoms with Gasteiger partial charge in [0.2, 0.25) is 0 Å². The fourth-order valence-corrected chi connectivity index (χ4v) is 2.05. The molecule has 10 heteroatoms. The van der Waals surface area contributed by atoms with Crippen LogP contribution in [0.25, 0.3) is 0 Å². The van der Waals surface area contributed by atoms with E-state index < -0.39 is 12.8 Å². The molecule has 6 nitrogen and oxygen atoms in total. The van der Waals surface area contributed by atoms with Gasteiger partial charge in [0.15, 0.2) is 5.96 Å². The van der Waals surface area contributed by atoms with Crippen molar-refractivity contribution in [1.82, 2.24) is 10.6 Å². The second-order valence-electron chi connectivity index (χ2n) is 6.07. The Morgan fingerprint density at radius 2 is 1.75 bits per heavy atom. The van der Waals surface area contributed by atoms with Crippen molar-refractivity contribution in [1.29, 1.82) is 0 Å². The third-order valence-corrected chi connectivity index (χ3v) is 3.23. The minimum Gasteiger partial charge on any atom is -0.463 e. The summed E-state index contributed by atoms with van der Waals surface area (Å²) in [5, 5.41) is 6.10. The predicted octanol–water partition coefficient (Wildman–Crippen LogP) is 3.39. The normalized spacial score (nSPS) is 11.8. The average molecular weight is 517 g/mol. The predicted molar refractivity (Wildman–Crippen MR) is 112 cm³/mol. The Labute approximate surface area is 180 Å². The van der Waals surface area contributed by atoms with E-state index in [9.17, 15) is 18.0 Å². The second kappa shape index (κ2) is 13.6. The maximum Gasteiger partial charge on any atom is 0.411 e. The number of hydrogen-bond donors (Lipinski definition) is 2. The summed E-state index contributed by atoms with van der Waals surface area (Å²) in [6.07, 6.45) is -4.24. The number of ether oxygens (including phenoxy) is 2. The van der Waals surface area contributed by atoms with Crippen molar-refractivity contribution in [2.24, 2.45) is 4.99 Å². The summed E-state index contributed by atoms with van der Waals surface area (Å²) >= 11 is 0. The van der Waals surface area contributed by atoms with Crippen molar-refractivity contribution >= 4 is 35.9 Å². The molecule has 0 heterocycles. The van der Waals surface area contributed by atoms with E-state index in [1.807, 2.05) is 0 Å². The third kappa shape index (κ3) is 12.8. The van der Waals surface area contributed by atoms with Crippen molar-refractivity contribution in [3.63, 3.8) is 0 Å². The summed E-state index contributed by atoms with van der Waals surface area (Å²) in [4.78, 5) is 15.5. The van der Waals surface area contributed by atoms with E-state index >= 15 is 0 Å². The zero-order valence-electron chi connectivity index (χ0n) is 16.1. The number of alkyl halides is 3. The van der Waals surface area contributed by atoms with E-state index in [0.717, 1.165) is 5.56 Å². The molecule has 2 N–H and O–H groups in total. The lowest BCUT2D eigenvalue weighted by molar-refractivity contribution is -0.176. The lowest BCUT2D eigenvalue weighted by Crippen LogP contribution is -2.38. The summed E-state index contributed by atoms with van der Waals surface area (Å²) in [5.74, 6) is 0.251. The van der Waals surface area contributed by atoms with Gasteiger partial charge in [-0.15, -0.1) is 24.0 Å². The van der Waals surface area contributed by atoms with E-state index in [1.165, 1.54) is 0 Å². The van der Waals surface area contributed by atoms with Crippen LogP contribution in [0.15, 0.2) is 29.3 Å². The molecule has 0 unspecified atom stereocenters. The highest BCUT2D eigenvalue weighted by Gasteiger charge is 2.27. The van der Waals surface area contributed by atoms with E-state index in [1.54, 1.807) is 45.2 Å². The summed E-state index contributed by atoms with van der Waals surface area (Å²) in [7, 11) is 1.61. The van der Waals surface area contributed by atoms with Crippen molar-refractivity contribution in [3.05, 3.63) is 35.4 Å². The number of esters is 1. The molecule has 0 atom stereocenters. The summed E-state index contributed by atoms with van der Waals surface area (Å²) in [6, 6.07) is 7.02. The molecule has 0 fully saturated rings. The molecule has 0 aliphatic carbocycles. The standard InChI is InChI=1S/C18H26F3N3O3.HI/c1-13(2)27-16(25)8-9-23-17(22-3)24-10-14-4-6-15(7-5-14)11-26-12-18(19,20)21;/h4-7,13H,8-12H2,1-3H3,(H2,22,23,24);1H. The van der Waals surface area contributed by atoms with Gasteiger partial charge in [-0.25, -0.2) is 0 Å². The molecule has 1 aromatic carbocycles. The molecule has 0 bridgehead atoms. The number of hydrogen-bond acceptors (Lipinski definition) is 4. The smallest absolute Gasteiger partial charge is 0.411 e. The number of nitrogens with zero attached hydrogens (tertiary/aromatic N) is 1. The highest BCUT2D eigenvalue weighted by molar-refractivity contribution is 14.0. The SMILES string of the molecule is CN=C(NCCC(=O)OC(C)C)NCc1ccc(COCC(F)(F)F)cc1.I. The first-order valence-corrected chi connectivity index (χ1v) is 8.56. The molecule has 1 rings (SSSR count). The van der Waals surface area contributed by atoms with Crippen LogP contribution in [0.3, 0.4) is 0 Å². The molecule has 1 aromatic rings. The molecular weight excluding hydrogens is 490 g/mol. The molecule has 0 radical (unpaired) electrons. The number of rotatable bonds is 9. The van der Waals surface area contributed by atoms with E-state index in [-0.39, 0.29) is 49.1 Å². The molecule has 0 amide bonds. The fraction of sp³-hybridized carbons (Fsp3) is 0.556. The topological polar surface area (TPSA) is 72.0 Å². The Balaban J connectivity index is 0.00000729. The number of benzene rings is 1. The lowest BCUT2D eigenvalue weighted by Gasteiger charge is -2.13. The Kier molecular flexibility index (Phi) is 12.8. The van der Waals surface area contributed by atoms with Crippen LogP contribution in [-0.4, -0.2) is 44.4 Å². The number of carbonyl (C=O) groups excluding carboxylic acids is 1. The molecule has 28 heavy (non-hydrogen) atoms. The monoisotopic (exact) mass is 517 g/mol. The molecular formula is C18H27F3IN3O3. The van der Waals surface area contributed by atoms with Gasteiger partial charge < -0.3 is 20.1 Å². The van der Waals surface area contributed by atoms with Crippen LogP contribution in [0.5, 0.6) is 0 Å². The minimum absolute atomic E-state index is 0. The van der Waals surface area contributed by atoms with Crippen molar-refractivity contribution in [2.75, 3.05) is 20.2 Å². The summed E-state index contributed by atoms with van der Waals surface area (Å²) in [5.41, 5.74) is 1.59. The second-order valence-corrected chi connectivity index (χ2v) is 6.07. The van der Waals surface area contributed by atoms with Crippen LogP contribution in [0.2, 0.25) is 0 Å². The molecule has 160 valence electrons. The summed E-state index contributed by atoms with van der Waals surface area (Å²) < 4.78 is 45.8. The van der Waals surface area contributed by atoms with Gasteiger partial charge in [-0.05, 0) is 25.0 Å². The van der Waals surface area contributed by atoms with E-state index in [2.05, 4.69) is 20.4 Å². The first kappa shape index (κ1) is 26.4. The Morgan fingerprint density at radius 3 is 2.29 bits per heavy atom. The molecule has 0 aromatic heterocycles. The number of halogens is 4. The van der Waals surface area contributed by atoms with E-state index in [4.69, 9.17) is 4.74 Å². The zero-order valence-corrected chi connectivity index (χ0v) is 18.5. The number of carbonyl (C=O) groups is 1. The van der Waals surface area contributed by atoms with Crippen molar-refractivity contribution in [3.8, 4) is 0 Å². The largest absolute Gasteiger partial charge is 0.463 e. The van der Waals surface area contributed by atoms with Crippen LogP contribution in [0.4, 0.5) is 13.2 Å². The van der Waals surface area contributed by atoms with E-state index in [0.29, 0.717) is 24.6 Å². The quantitative estimate of drug-likeness (QED) is 0.228. The van der Waals surface area contributed by atoms with Crippen molar-refractivity contribution in [2.45, 2.75) is 45.7 Å². The Bertz CT molecular complexity index is 608. The van der Waals surface area contributed by atoms with Crippen LogP contribution in [0, 0.1) is 0 Å². The Morgan fingerprint density at radius 1 is 1.14 bits per heavy atom. The molecule has 0 saturated carbocycles. The van der Waals surface area contributed by atoms with Gasteiger partial charge in [0.1, 0.15) is 6.61 Å². The molecule has 0 aliphatic heterocycles. The van der Waals surface area contributed by atoms with Crippen LogP contribution in [0.1, 0.15) is 31.4 Å². The van der Waals surface area contributed by atoms with Crippen LogP contribution >= 0.6 is 24.0 Å². The minimum atomic E-state index is -4.32. The molecule has 0 aliphatic rings. The number of aliphatic imine (C=N–C) groups is 1. The Hall–Kier alpha value is -1.56. The van der Waals surface area contributed by atoms with Gasteiger partial charge in [0, 0.05) is 20.1 Å². The van der Waals surface area contributed by atoms with Gasteiger partial charge in [-0.3, -0.25) is 9.79 Å².